The van der Waals surface area contributed by atoms with Gasteiger partial charge in [0.2, 0.25) is 0 Å². The van der Waals surface area contributed by atoms with Crippen LogP contribution in [-0.2, 0) is 14.4 Å². The molecule has 2 atom stereocenters. The number of hydrogen-bond acceptors (Lipinski definition) is 5. The highest BCUT2D eigenvalue weighted by molar-refractivity contribution is 6.02. The predicted molar refractivity (Wildman–Crippen MR) is 89.6 cm³/mol. The zero-order chi connectivity index (χ0) is 17.2. The molecule has 0 saturated carbocycles. The summed E-state index contributed by atoms with van der Waals surface area (Å²) in [5.41, 5.74) is 0.111. The highest BCUT2D eigenvalue weighted by Gasteiger charge is 2.51. The lowest BCUT2D eigenvalue weighted by atomic mass is 9.93. The predicted octanol–water partition coefficient (Wildman–Crippen LogP) is 3.01. The van der Waals surface area contributed by atoms with Crippen molar-refractivity contribution in [2.24, 2.45) is 0 Å². The number of benzene rings is 2. The molecule has 0 radical (unpaired) electrons. The van der Waals surface area contributed by atoms with Crippen LogP contribution in [0.2, 0.25) is 0 Å². The maximum atomic E-state index is 13.0. The van der Waals surface area contributed by atoms with Crippen molar-refractivity contribution in [2.45, 2.75) is 25.0 Å². The minimum atomic E-state index is -1.19. The Labute approximate surface area is 140 Å². The van der Waals surface area contributed by atoms with Gasteiger partial charge in [-0.1, -0.05) is 48.5 Å². The van der Waals surface area contributed by atoms with Crippen LogP contribution in [0.25, 0.3) is 0 Å². The van der Waals surface area contributed by atoms with Crippen molar-refractivity contribution >= 4 is 17.4 Å². The van der Waals surface area contributed by atoms with E-state index in [1.54, 1.807) is 19.1 Å². The van der Waals surface area contributed by atoms with E-state index >= 15 is 0 Å². The molecular formula is C19H19NO4. The lowest BCUT2D eigenvalue weighted by Gasteiger charge is -2.25. The van der Waals surface area contributed by atoms with Gasteiger partial charge < -0.3 is 4.74 Å². The second-order valence-corrected chi connectivity index (χ2v) is 5.93. The van der Waals surface area contributed by atoms with E-state index in [9.17, 15) is 9.59 Å². The Bertz CT molecular complexity index is 732. The lowest BCUT2D eigenvalue weighted by molar-refractivity contribution is -0.163. The van der Waals surface area contributed by atoms with Crippen LogP contribution in [0.5, 0.6) is 0 Å². The molecule has 1 aliphatic rings. The van der Waals surface area contributed by atoms with Gasteiger partial charge in [0.15, 0.2) is 11.4 Å². The molecule has 2 aromatic rings. The van der Waals surface area contributed by atoms with Crippen molar-refractivity contribution < 1.29 is 19.2 Å². The van der Waals surface area contributed by atoms with Crippen LogP contribution in [0.15, 0.2) is 60.7 Å². The number of para-hydroxylation sites is 1. The third-order valence-corrected chi connectivity index (χ3v) is 4.15. The van der Waals surface area contributed by atoms with Crippen LogP contribution in [0.4, 0.5) is 5.69 Å². The van der Waals surface area contributed by atoms with Crippen molar-refractivity contribution in [3.63, 3.8) is 0 Å². The summed E-state index contributed by atoms with van der Waals surface area (Å²) in [5.74, 6) is -0.584. The molecule has 0 aromatic heterocycles. The van der Waals surface area contributed by atoms with Gasteiger partial charge in [-0.25, -0.2) is 9.86 Å². The highest BCUT2D eigenvalue weighted by Crippen LogP contribution is 2.36. The van der Waals surface area contributed by atoms with Gasteiger partial charge in [0.25, 0.3) is 0 Å². The third kappa shape index (κ3) is 2.90. The number of rotatable bonds is 4. The van der Waals surface area contributed by atoms with Gasteiger partial charge in [0, 0.05) is 12.0 Å². The molecule has 1 heterocycles. The fourth-order valence-electron chi connectivity index (χ4n) is 2.91. The zero-order valence-electron chi connectivity index (χ0n) is 13.6. The number of esters is 1. The van der Waals surface area contributed by atoms with Crippen LogP contribution in [0, 0.1) is 0 Å². The molecule has 3 rings (SSSR count). The molecule has 1 saturated heterocycles. The SMILES string of the molecule is COC(=O)C1(C)CC(C(=O)c2ccccc2)N(c2ccccc2)O1. The molecule has 2 unspecified atom stereocenters. The highest BCUT2D eigenvalue weighted by atomic mass is 16.7. The van der Waals surface area contributed by atoms with E-state index in [0.717, 1.165) is 5.69 Å². The number of ether oxygens (including phenoxy) is 1. The number of carbonyl (C=O) groups excluding carboxylic acids is 2. The molecule has 0 spiro atoms. The van der Waals surface area contributed by atoms with Gasteiger partial charge in [-0.05, 0) is 19.1 Å². The second-order valence-electron chi connectivity index (χ2n) is 5.93. The average molecular weight is 325 g/mol. The molecule has 5 nitrogen and oxygen atoms in total. The standard InChI is InChI=1S/C19H19NO4/c1-19(18(22)23-2)13-16(17(21)14-9-5-3-6-10-14)20(24-19)15-11-7-4-8-12-15/h3-12,16H,13H2,1-2H3. The van der Waals surface area contributed by atoms with Crippen molar-refractivity contribution in [1.29, 1.82) is 0 Å². The van der Waals surface area contributed by atoms with Crippen molar-refractivity contribution in [2.75, 3.05) is 12.2 Å². The topological polar surface area (TPSA) is 55.8 Å². The van der Waals surface area contributed by atoms with E-state index in [1.165, 1.54) is 12.2 Å². The first kappa shape index (κ1) is 16.2. The molecule has 124 valence electrons. The van der Waals surface area contributed by atoms with Crippen LogP contribution >= 0.6 is 0 Å². The summed E-state index contributed by atoms with van der Waals surface area (Å²) in [6, 6.07) is 17.7. The number of hydrogen-bond donors (Lipinski definition) is 0. The summed E-state index contributed by atoms with van der Waals surface area (Å²) in [6.45, 7) is 1.65. The number of anilines is 1. The molecule has 1 aliphatic heterocycles. The van der Waals surface area contributed by atoms with Crippen molar-refractivity contribution in [3.05, 3.63) is 66.2 Å². The summed E-state index contributed by atoms with van der Waals surface area (Å²) in [7, 11) is 1.32. The van der Waals surface area contributed by atoms with Gasteiger partial charge in [-0.2, -0.15) is 0 Å². The van der Waals surface area contributed by atoms with Crippen molar-refractivity contribution in [3.8, 4) is 0 Å². The number of ketones is 1. The summed E-state index contributed by atoms with van der Waals surface area (Å²) >= 11 is 0. The summed E-state index contributed by atoms with van der Waals surface area (Å²) < 4.78 is 4.85. The molecule has 5 heteroatoms. The second kappa shape index (κ2) is 6.45. The number of carbonyl (C=O) groups is 2. The van der Waals surface area contributed by atoms with Crippen LogP contribution in [-0.4, -0.2) is 30.5 Å². The first-order valence-electron chi connectivity index (χ1n) is 7.76. The van der Waals surface area contributed by atoms with E-state index in [2.05, 4.69) is 0 Å². The number of Topliss-reactive ketones (excluding diaryl/α,β-unsaturated/α-hetero) is 1. The molecule has 24 heavy (non-hydrogen) atoms. The van der Waals surface area contributed by atoms with E-state index in [4.69, 9.17) is 9.57 Å². The molecule has 0 aliphatic carbocycles. The normalized spacial score (nSPS) is 23.1. The average Bonchev–Trinajstić information content (AvgIpc) is 3.01. The Morgan fingerprint density at radius 3 is 2.25 bits per heavy atom. The number of methoxy groups -OCH3 is 1. The minimum absolute atomic E-state index is 0.0907. The Balaban J connectivity index is 1.97. The molecule has 0 N–H and O–H groups in total. The third-order valence-electron chi connectivity index (χ3n) is 4.15. The fraction of sp³-hybridized carbons (Fsp3) is 0.263. The number of hydroxylamine groups is 1. The molecule has 1 fully saturated rings. The quantitative estimate of drug-likeness (QED) is 0.639. The maximum absolute atomic E-state index is 13.0. The van der Waals surface area contributed by atoms with Crippen LogP contribution in [0.3, 0.4) is 0 Å². The monoisotopic (exact) mass is 325 g/mol. The zero-order valence-corrected chi connectivity index (χ0v) is 13.6. The fourth-order valence-corrected chi connectivity index (χ4v) is 2.91. The lowest BCUT2D eigenvalue weighted by Crippen LogP contribution is -2.37. The van der Waals surface area contributed by atoms with E-state index in [1.807, 2.05) is 48.5 Å². The number of nitrogens with zero attached hydrogens (tertiary/aromatic N) is 1. The van der Waals surface area contributed by atoms with Crippen LogP contribution < -0.4 is 5.06 Å². The van der Waals surface area contributed by atoms with Gasteiger partial charge in [0.1, 0.15) is 6.04 Å². The van der Waals surface area contributed by atoms with E-state index in [-0.39, 0.29) is 12.2 Å². The first-order chi connectivity index (χ1) is 11.5. The van der Waals surface area contributed by atoms with Gasteiger partial charge in [0.05, 0.1) is 12.8 Å². The minimum Gasteiger partial charge on any atom is -0.467 e. The summed E-state index contributed by atoms with van der Waals surface area (Å²) in [4.78, 5) is 31.0. The Morgan fingerprint density at radius 2 is 1.67 bits per heavy atom. The molecule has 0 amide bonds. The van der Waals surface area contributed by atoms with Crippen LogP contribution in [0.1, 0.15) is 23.7 Å². The van der Waals surface area contributed by atoms with Gasteiger partial charge >= 0.3 is 5.97 Å². The van der Waals surface area contributed by atoms with Gasteiger partial charge in [-0.3, -0.25) is 9.63 Å². The Morgan fingerprint density at radius 1 is 1.08 bits per heavy atom. The van der Waals surface area contributed by atoms with E-state index in [0.29, 0.717) is 5.56 Å². The van der Waals surface area contributed by atoms with Crippen molar-refractivity contribution in [1.82, 2.24) is 0 Å². The summed E-state index contributed by atoms with van der Waals surface area (Å²) in [5, 5.41) is 1.52. The molecule has 2 aromatic carbocycles. The Hall–Kier alpha value is -2.66. The smallest absolute Gasteiger partial charge is 0.340 e. The van der Waals surface area contributed by atoms with E-state index < -0.39 is 17.6 Å². The Kier molecular flexibility index (Phi) is 4.36. The first-order valence-corrected chi connectivity index (χ1v) is 7.76. The summed E-state index contributed by atoms with van der Waals surface area (Å²) in [6.07, 6.45) is 0.224. The van der Waals surface area contributed by atoms with Gasteiger partial charge in [-0.15, -0.1) is 0 Å². The maximum Gasteiger partial charge on any atom is 0.340 e. The molecule has 0 bridgehead atoms. The largest absolute Gasteiger partial charge is 0.467 e. The molecular weight excluding hydrogens is 306 g/mol.